The molecule has 0 aliphatic heterocycles. The van der Waals surface area contributed by atoms with Crippen molar-refractivity contribution in [3.8, 4) is 11.8 Å². The van der Waals surface area contributed by atoms with E-state index in [9.17, 15) is 9.65 Å². The van der Waals surface area contributed by atoms with Crippen molar-refractivity contribution in [1.82, 2.24) is 4.98 Å². The quantitative estimate of drug-likeness (QED) is 0.722. The molecule has 24 heavy (non-hydrogen) atoms. The zero-order valence-corrected chi connectivity index (χ0v) is 13.6. The van der Waals surface area contributed by atoms with Gasteiger partial charge >= 0.3 is 0 Å². The third-order valence-corrected chi connectivity index (χ3v) is 3.75. The summed E-state index contributed by atoms with van der Waals surface area (Å²) in [4.78, 5) is 4.28. The number of nitrogens with one attached hydrogen (secondary N) is 1. The second-order valence-electron chi connectivity index (χ2n) is 5.02. The molecule has 0 bridgehead atoms. The minimum absolute atomic E-state index is 0.00637. The summed E-state index contributed by atoms with van der Waals surface area (Å²) in [5.41, 5.74) is 2.24. The van der Waals surface area contributed by atoms with Crippen LogP contribution in [0.15, 0.2) is 42.6 Å². The van der Waals surface area contributed by atoms with Crippen LogP contribution in [-0.4, -0.2) is 11.6 Å². The summed E-state index contributed by atoms with van der Waals surface area (Å²) in [7, 11) is 0. The number of aromatic nitrogens is 1. The molecule has 1 aromatic heterocycles. The van der Waals surface area contributed by atoms with E-state index < -0.39 is 5.82 Å². The van der Waals surface area contributed by atoms with Crippen molar-refractivity contribution in [3.05, 3.63) is 59.0 Å². The number of anilines is 2. The predicted molar refractivity (Wildman–Crippen MR) is 92.3 cm³/mol. The Kier molecular flexibility index (Phi) is 4.50. The molecule has 4 nitrogen and oxygen atoms in total. The Morgan fingerprint density at radius 2 is 2.12 bits per heavy atom. The maximum absolute atomic E-state index is 13.3. The first-order valence-corrected chi connectivity index (χ1v) is 7.68. The van der Waals surface area contributed by atoms with Crippen LogP contribution in [0.25, 0.3) is 10.9 Å². The maximum Gasteiger partial charge on any atom is 0.141 e. The van der Waals surface area contributed by atoms with Crippen molar-refractivity contribution in [3.63, 3.8) is 0 Å². The highest BCUT2D eigenvalue weighted by Gasteiger charge is 2.11. The van der Waals surface area contributed by atoms with Gasteiger partial charge in [-0.1, -0.05) is 11.6 Å². The highest BCUT2D eigenvalue weighted by Crippen LogP contribution is 2.32. The summed E-state index contributed by atoms with van der Waals surface area (Å²) in [6.45, 7) is 2.43. The number of nitrogens with zero attached hydrogens (tertiary/aromatic N) is 2. The van der Waals surface area contributed by atoms with Crippen LogP contribution in [0.3, 0.4) is 0 Å². The van der Waals surface area contributed by atoms with E-state index in [0.29, 0.717) is 34.8 Å². The Balaban J connectivity index is 2.14. The second-order valence-corrected chi connectivity index (χ2v) is 5.43. The predicted octanol–water partition coefficient (Wildman–Crippen LogP) is 5.04. The van der Waals surface area contributed by atoms with Crippen molar-refractivity contribution in [2.45, 2.75) is 6.92 Å². The van der Waals surface area contributed by atoms with E-state index >= 15 is 0 Å². The van der Waals surface area contributed by atoms with Crippen LogP contribution in [0.5, 0.6) is 5.75 Å². The third kappa shape index (κ3) is 3.10. The number of nitriles is 1. The van der Waals surface area contributed by atoms with Gasteiger partial charge in [-0.2, -0.15) is 5.26 Å². The molecule has 120 valence electrons. The Morgan fingerprint density at radius 3 is 2.83 bits per heavy atom. The monoisotopic (exact) mass is 341 g/mol. The third-order valence-electron chi connectivity index (χ3n) is 3.46. The standard InChI is InChI=1S/C18H13ClFN3O/c1-2-24-13-4-6-17-14(8-13)18(11(9-21)10-22-17)23-12-3-5-16(20)15(19)7-12/h3-8,10H,2H2,1H3,(H,22,23). The average molecular weight is 342 g/mol. The minimum Gasteiger partial charge on any atom is -0.494 e. The van der Waals surface area contributed by atoms with Crippen LogP contribution >= 0.6 is 11.6 Å². The first kappa shape index (κ1) is 16.0. The Morgan fingerprint density at radius 1 is 1.29 bits per heavy atom. The fraction of sp³-hybridized carbons (Fsp3) is 0.111. The molecule has 0 aliphatic carbocycles. The molecule has 3 aromatic rings. The van der Waals surface area contributed by atoms with Crippen molar-refractivity contribution in [2.24, 2.45) is 0 Å². The van der Waals surface area contributed by atoms with Gasteiger partial charge in [0.15, 0.2) is 0 Å². The van der Waals surface area contributed by atoms with Crippen LogP contribution < -0.4 is 10.1 Å². The largest absolute Gasteiger partial charge is 0.494 e. The van der Waals surface area contributed by atoms with Crippen LogP contribution in [-0.2, 0) is 0 Å². The summed E-state index contributed by atoms with van der Waals surface area (Å²) < 4.78 is 18.9. The van der Waals surface area contributed by atoms with E-state index in [1.807, 2.05) is 25.1 Å². The zero-order valence-electron chi connectivity index (χ0n) is 12.8. The van der Waals surface area contributed by atoms with E-state index in [-0.39, 0.29) is 5.02 Å². The van der Waals surface area contributed by atoms with Gasteiger partial charge in [0.1, 0.15) is 17.6 Å². The molecule has 0 fully saturated rings. The number of hydrogen-bond acceptors (Lipinski definition) is 4. The maximum atomic E-state index is 13.3. The minimum atomic E-state index is -0.499. The summed E-state index contributed by atoms with van der Waals surface area (Å²) in [6.07, 6.45) is 1.50. The van der Waals surface area contributed by atoms with Gasteiger partial charge in [-0.3, -0.25) is 4.98 Å². The Bertz CT molecular complexity index is 953. The lowest BCUT2D eigenvalue weighted by Gasteiger charge is -2.13. The van der Waals surface area contributed by atoms with E-state index in [2.05, 4.69) is 16.4 Å². The van der Waals surface area contributed by atoms with Gasteiger partial charge in [0.2, 0.25) is 0 Å². The van der Waals surface area contributed by atoms with Crippen molar-refractivity contribution in [1.29, 1.82) is 5.26 Å². The van der Waals surface area contributed by atoms with Crippen molar-refractivity contribution < 1.29 is 9.13 Å². The molecule has 2 aromatic carbocycles. The summed E-state index contributed by atoms with van der Waals surface area (Å²) in [5.74, 6) is 0.183. The second kappa shape index (κ2) is 6.73. The number of pyridine rings is 1. The number of hydrogen-bond donors (Lipinski definition) is 1. The van der Waals surface area contributed by atoms with E-state index in [0.717, 1.165) is 5.39 Å². The fourth-order valence-electron chi connectivity index (χ4n) is 2.37. The SMILES string of the molecule is CCOc1ccc2ncc(C#N)c(Nc3ccc(F)c(Cl)c3)c2c1. The molecular weight excluding hydrogens is 329 g/mol. The van der Waals surface area contributed by atoms with Crippen LogP contribution in [0.1, 0.15) is 12.5 Å². The zero-order chi connectivity index (χ0) is 17.1. The lowest BCUT2D eigenvalue weighted by atomic mass is 10.1. The number of ether oxygens (including phenoxy) is 1. The molecular formula is C18H13ClFN3O. The Hall–Kier alpha value is -2.84. The van der Waals surface area contributed by atoms with Gasteiger partial charge < -0.3 is 10.1 Å². The summed E-state index contributed by atoms with van der Waals surface area (Å²) in [6, 6.07) is 11.9. The van der Waals surface area contributed by atoms with E-state index in [1.54, 1.807) is 6.07 Å². The molecule has 1 N–H and O–H groups in total. The first-order chi connectivity index (χ1) is 11.6. The number of benzene rings is 2. The molecule has 1 heterocycles. The molecule has 6 heteroatoms. The Labute approximate surface area is 143 Å². The normalized spacial score (nSPS) is 10.4. The summed E-state index contributed by atoms with van der Waals surface area (Å²) >= 11 is 5.83. The number of rotatable bonds is 4. The van der Waals surface area contributed by atoms with Gasteiger partial charge in [-0.25, -0.2) is 4.39 Å². The van der Waals surface area contributed by atoms with Gasteiger partial charge in [-0.15, -0.1) is 0 Å². The lowest BCUT2D eigenvalue weighted by molar-refractivity contribution is 0.340. The molecule has 0 unspecified atom stereocenters. The molecule has 0 radical (unpaired) electrons. The average Bonchev–Trinajstić information content (AvgIpc) is 2.59. The molecule has 0 saturated carbocycles. The molecule has 0 spiro atoms. The van der Waals surface area contributed by atoms with Gasteiger partial charge in [0, 0.05) is 17.3 Å². The highest BCUT2D eigenvalue weighted by atomic mass is 35.5. The van der Waals surface area contributed by atoms with Crippen LogP contribution in [0, 0.1) is 17.1 Å². The first-order valence-electron chi connectivity index (χ1n) is 7.30. The molecule has 0 saturated heterocycles. The number of halogens is 2. The van der Waals surface area contributed by atoms with E-state index in [1.165, 1.54) is 18.3 Å². The van der Waals surface area contributed by atoms with Crippen molar-refractivity contribution >= 4 is 33.9 Å². The highest BCUT2D eigenvalue weighted by molar-refractivity contribution is 6.31. The van der Waals surface area contributed by atoms with Gasteiger partial charge in [0.05, 0.1) is 28.4 Å². The smallest absolute Gasteiger partial charge is 0.141 e. The molecule has 0 atom stereocenters. The topological polar surface area (TPSA) is 57.9 Å². The number of fused-ring (bicyclic) bond motifs is 1. The van der Waals surface area contributed by atoms with Crippen molar-refractivity contribution in [2.75, 3.05) is 11.9 Å². The lowest BCUT2D eigenvalue weighted by Crippen LogP contribution is -1.98. The van der Waals surface area contributed by atoms with Gasteiger partial charge in [0.25, 0.3) is 0 Å². The van der Waals surface area contributed by atoms with Crippen LogP contribution in [0.4, 0.5) is 15.8 Å². The molecule has 3 rings (SSSR count). The van der Waals surface area contributed by atoms with E-state index in [4.69, 9.17) is 16.3 Å². The van der Waals surface area contributed by atoms with Gasteiger partial charge in [-0.05, 0) is 43.3 Å². The summed E-state index contributed by atoms with van der Waals surface area (Å²) in [5, 5.41) is 13.3. The fourth-order valence-corrected chi connectivity index (χ4v) is 2.55. The molecule has 0 aliphatic rings. The van der Waals surface area contributed by atoms with Crippen LogP contribution in [0.2, 0.25) is 5.02 Å². The molecule has 0 amide bonds.